The predicted molar refractivity (Wildman–Crippen MR) is 76.2 cm³/mol. The molecule has 23 heavy (non-hydrogen) atoms. The summed E-state index contributed by atoms with van der Waals surface area (Å²) >= 11 is 0. The fourth-order valence-electron chi connectivity index (χ4n) is 2.32. The largest absolute Gasteiger partial charge is 0.459 e. The van der Waals surface area contributed by atoms with Crippen LogP contribution in [0.5, 0.6) is 6.01 Å². The van der Waals surface area contributed by atoms with Crippen LogP contribution in [-0.2, 0) is 10.0 Å². The van der Waals surface area contributed by atoms with E-state index in [1.807, 2.05) is 0 Å². The summed E-state index contributed by atoms with van der Waals surface area (Å²) in [6, 6.07) is 5.19. The van der Waals surface area contributed by atoms with Gasteiger partial charge in [0.05, 0.1) is 18.9 Å². The number of aromatic nitrogens is 2. The van der Waals surface area contributed by atoms with Gasteiger partial charge in [-0.3, -0.25) is 0 Å². The third-order valence-electron chi connectivity index (χ3n) is 3.43. The van der Waals surface area contributed by atoms with Crippen LogP contribution in [0.4, 0.5) is 8.78 Å². The van der Waals surface area contributed by atoms with Gasteiger partial charge in [-0.2, -0.15) is 4.31 Å². The number of ether oxygens (including phenoxy) is 1. The van der Waals surface area contributed by atoms with E-state index >= 15 is 0 Å². The van der Waals surface area contributed by atoms with Crippen molar-refractivity contribution in [3.05, 3.63) is 48.3 Å². The van der Waals surface area contributed by atoms with Crippen molar-refractivity contribution in [1.82, 2.24) is 14.3 Å². The highest BCUT2D eigenvalue weighted by Crippen LogP contribution is 2.24. The molecule has 3 rings (SSSR count). The normalized spacial score (nSPS) is 19.0. The Balaban J connectivity index is 1.72. The molecule has 0 saturated carbocycles. The van der Waals surface area contributed by atoms with Crippen molar-refractivity contribution in [3.8, 4) is 6.01 Å². The van der Waals surface area contributed by atoms with Crippen LogP contribution in [0, 0.1) is 11.6 Å². The lowest BCUT2D eigenvalue weighted by Gasteiger charge is -2.17. The molecule has 1 aromatic carbocycles. The van der Waals surface area contributed by atoms with E-state index in [-0.39, 0.29) is 24.0 Å². The Bertz CT molecular complexity index is 799. The van der Waals surface area contributed by atoms with E-state index in [1.54, 1.807) is 0 Å². The zero-order chi connectivity index (χ0) is 16.4. The molecule has 1 aliphatic rings. The van der Waals surface area contributed by atoms with Gasteiger partial charge in [0.2, 0.25) is 10.0 Å². The van der Waals surface area contributed by atoms with Crippen molar-refractivity contribution in [3.63, 3.8) is 0 Å². The molecule has 1 fully saturated rings. The highest BCUT2D eigenvalue weighted by molar-refractivity contribution is 7.89. The van der Waals surface area contributed by atoms with E-state index in [0.29, 0.717) is 6.42 Å². The fourth-order valence-corrected chi connectivity index (χ4v) is 3.87. The minimum atomic E-state index is -3.92. The maximum Gasteiger partial charge on any atom is 0.316 e. The lowest BCUT2D eigenvalue weighted by Crippen LogP contribution is -2.31. The minimum absolute atomic E-state index is 0.0264. The lowest BCUT2D eigenvalue weighted by molar-refractivity contribution is 0.197. The smallest absolute Gasteiger partial charge is 0.316 e. The Kier molecular flexibility index (Phi) is 4.22. The third-order valence-corrected chi connectivity index (χ3v) is 5.33. The predicted octanol–water partition coefficient (Wildman–Crippen LogP) is 1.60. The molecule has 6 nitrogen and oxygen atoms in total. The third kappa shape index (κ3) is 3.30. The Morgan fingerprint density at radius 2 is 1.87 bits per heavy atom. The Morgan fingerprint density at radius 1 is 1.17 bits per heavy atom. The average Bonchev–Trinajstić information content (AvgIpc) is 2.99. The van der Waals surface area contributed by atoms with Crippen LogP contribution in [0.2, 0.25) is 0 Å². The summed E-state index contributed by atoms with van der Waals surface area (Å²) < 4.78 is 57.9. The van der Waals surface area contributed by atoms with E-state index in [4.69, 9.17) is 4.74 Å². The summed E-state index contributed by atoms with van der Waals surface area (Å²) in [6.45, 7) is 0.250. The van der Waals surface area contributed by atoms with Crippen molar-refractivity contribution >= 4 is 10.0 Å². The number of benzene rings is 1. The van der Waals surface area contributed by atoms with Crippen LogP contribution >= 0.6 is 0 Å². The summed E-state index contributed by atoms with van der Waals surface area (Å²) in [7, 11) is -3.92. The zero-order valence-electron chi connectivity index (χ0n) is 11.9. The number of rotatable bonds is 4. The van der Waals surface area contributed by atoms with Gasteiger partial charge in [-0.25, -0.2) is 27.2 Å². The molecule has 0 amide bonds. The van der Waals surface area contributed by atoms with Crippen molar-refractivity contribution in [2.45, 2.75) is 17.4 Å². The molecule has 1 unspecified atom stereocenters. The van der Waals surface area contributed by atoms with Crippen LogP contribution in [-0.4, -0.2) is 41.9 Å². The molecule has 9 heteroatoms. The van der Waals surface area contributed by atoms with Gasteiger partial charge in [0.1, 0.15) is 16.8 Å². The van der Waals surface area contributed by atoms with Gasteiger partial charge in [-0.15, -0.1) is 0 Å². The van der Waals surface area contributed by atoms with Crippen molar-refractivity contribution < 1.29 is 21.9 Å². The van der Waals surface area contributed by atoms with Crippen molar-refractivity contribution in [2.75, 3.05) is 13.1 Å². The number of hydrogen-bond donors (Lipinski definition) is 0. The molecule has 1 aliphatic heterocycles. The Labute approximate surface area is 131 Å². The maximum absolute atomic E-state index is 13.7. The van der Waals surface area contributed by atoms with Gasteiger partial charge in [0, 0.05) is 6.54 Å². The van der Waals surface area contributed by atoms with E-state index in [0.717, 1.165) is 22.8 Å². The first kappa shape index (κ1) is 15.8. The fraction of sp³-hybridized carbons (Fsp3) is 0.286. The zero-order valence-corrected chi connectivity index (χ0v) is 12.7. The highest BCUT2D eigenvalue weighted by atomic mass is 32.2. The molecular formula is C14H13F2N3O3S. The summed E-state index contributed by atoms with van der Waals surface area (Å²) in [4.78, 5) is 6.97. The molecule has 0 spiro atoms. The maximum atomic E-state index is 13.7. The number of hydrogen-bond acceptors (Lipinski definition) is 5. The summed E-state index contributed by atoms with van der Waals surface area (Å²) in [5.74, 6) is -1.38. The van der Waals surface area contributed by atoms with Crippen LogP contribution < -0.4 is 4.74 Å². The first-order chi connectivity index (χ1) is 11.0. The lowest BCUT2D eigenvalue weighted by atomic mass is 10.3. The van der Waals surface area contributed by atoms with Gasteiger partial charge in [0.25, 0.3) is 0 Å². The molecule has 0 N–H and O–H groups in total. The molecule has 1 saturated heterocycles. The summed E-state index contributed by atoms with van der Waals surface area (Å²) in [5, 5.41) is 0. The van der Waals surface area contributed by atoms with Crippen molar-refractivity contribution in [2.24, 2.45) is 0 Å². The number of halogens is 2. The molecular weight excluding hydrogens is 328 g/mol. The first-order valence-electron chi connectivity index (χ1n) is 6.86. The molecule has 2 aromatic rings. The van der Waals surface area contributed by atoms with E-state index in [9.17, 15) is 17.2 Å². The molecule has 1 aromatic heterocycles. The number of sulfonamides is 1. The first-order valence-corrected chi connectivity index (χ1v) is 8.30. The second kappa shape index (κ2) is 6.17. The second-order valence-corrected chi connectivity index (χ2v) is 6.91. The summed E-state index contributed by atoms with van der Waals surface area (Å²) in [6.07, 6.45) is 1.87. The van der Waals surface area contributed by atoms with Crippen molar-refractivity contribution in [1.29, 1.82) is 0 Å². The van der Waals surface area contributed by atoms with E-state index in [1.165, 1.54) is 18.2 Å². The molecule has 0 radical (unpaired) electrons. The molecule has 0 aliphatic carbocycles. The summed E-state index contributed by atoms with van der Waals surface area (Å²) in [5.41, 5.74) is 0. The molecule has 2 heterocycles. The SMILES string of the molecule is O=S(=O)(c1ccccc1F)N1CCC(Oc2ncc(F)cn2)C1. The van der Waals surface area contributed by atoms with Crippen LogP contribution in [0.25, 0.3) is 0 Å². The van der Waals surface area contributed by atoms with Crippen LogP contribution in [0.1, 0.15) is 6.42 Å². The van der Waals surface area contributed by atoms with Gasteiger partial charge >= 0.3 is 6.01 Å². The topological polar surface area (TPSA) is 72.4 Å². The van der Waals surface area contributed by atoms with E-state index < -0.39 is 27.8 Å². The van der Waals surface area contributed by atoms with Gasteiger partial charge in [0.15, 0.2) is 5.82 Å². The standard InChI is InChI=1S/C14H13F2N3O3S/c15-10-7-17-14(18-8-10)22-11-5-6-19(9-11)23(20,21)13-4-2-1-3-12(13)16/h1-4,7-8,11H,5-6,9H2. The second-order valence-electron chi connectivity index (χ2n) is 5.01. The van der Waals surface area contributed by atoms with Crippen LogP contribution in [0.15, 0.2) is 41.6 Å². The highest BCUT2D eigenvalue weighted by Gasteiger charge is 2.35. The number of nitrogens with zero attached hydrogens (tertiary/aromatic N) is 3. The van der Waals surface area contributed by atoms with Gasteiger partial charge in [-0.1, -0.05) is 12.1 Å². The van der Waals surface area contributed by atoms with Gasteiger partial charge in [-0.05, 0) is 18.6 Å². The van der Waals surface area contributed by atoms with E-state index in [2.05, 4.69) is 9.97 Å². The van der Waals surface area contributed by atoms with Crippen LogP contribution in [0.3, 0.4) is 0 Å². The monoisotopic (exact) mass is 341 g/mol. The van der Waals surface area contributed by atoms with Gasteiger partial charge < -0.3 is 4.74 Å². The molecule has 122 valence electrons. The molecule has 1 atom stereocenters. The quantitative estimate of drug-likeness (QED) is 0.845. The minimum Gasteiger partial charge on any atom is -0.459 e. The average molecular weight is 341 g/mol. The molecule has 0 bridgehead atoms. The Morgan fingerprint density at radius 3 is 2.57 bits per heavy atom. The Hall–Kier alpha value is -2.13.